The smallest absolute Gasteiger partial charge is 0.0707 e. The zero-order valence-electron chi connectivity index (χ0n) is 17.3. The van der Waals surface area contributed by atoms with Crippen molar-refractivity contribution in [3.05, 3.63) is 77.6 Å². The molecule has 1 saturated carbocycles. The molecule has 0 bridgehead atoms. The Morgan fingerprint density at radius 3 is 2.77 bits per heavy atom. The van der Waals surface area contributed by atoms with Gasteiger partial charge >= 0.3 is 0 Å². The van der Waals surface area contributed by atoms with Gasteiger partial charge in [-0.05, 0) is 55.5 Å². The maximum atomic E-state index is 6.62. The summed E-state index contributed by atoms with van der Waals surface area (Å²) in [7, 11) is 0. The third-order valence-corrected chi connectivity index (χ3v) is 6.38. The lowest BCUT2D eigenvalue weighted by Gasteiger charge is -2.11. The predicted octanol–water partition coefficient (Wildman–Crippen LogP) is 5.87. The van der Waals surface area contributed by atoms with Gasteiger partial charge < -0.3 is 4.57 Å². The minimum absolute atomic E-state index is 0.686. The van der Waals surface area contributed by atoms with E-state index in [4.69, 9.17) is 11.6 Å². The van der Waals surface area contributed by atoms with Crippen molar-refractivity contribution in [1.82, 2.24) is 24.3 Å². The molecule has 4 heterocycles. The van der Waals surface area contributed by atoms with Crippen LogP contribution in [-0.4, -0.2) is 24.3 Å². The minimum atomic E-state index is 0.686. The van der Waals surface area contributed by atoms with Gasteiger partial charge in [-0.1, -0.05) is 17.7 Å². The second-order valence-electron chi connectivity index (χ2n) is 8.48. The van der Waals surface area contributed by atoms with E-state index in [1.807, 2.05) is 29.3 Å². The summed E-state index contributed by atoms with van der Waals surface area (Å²) in [6.07, 6.45) is 12.2. The molecule has 6 rings (SSSR count). The number of nitrogens with zero attached hydrogens (tertiary/aromatic N) is 5. The fourth-order valence-corrected chi connectivity index (χ4v) is 4.77. The summed E-state index contributed by atoms with van der Waals surface area (Å²) < 4.78 is 4.43. The number of fused-ring (bicyclic) bond motifs is 3. The average Bonchev–Trinajstić information content (AvgIpc) is 3.38. The number of aromatic nitrogens is 5. The molecule has 31 heavy (non-hydrogen) atoms. The van der Waals surface area contributed by atoms with Crippen LogP contribution in [-0.2, 0) is 13.1 Å². The van der Waals surface area contributed by atoms with Crippen LogP contribution in [0.5, 0.6) is 0 Å². The molecule has 0 unspecified atom stereocenters. The van der Waals surface area contributed by atoms with E-state index in [0.717, 1.165) is 39.9 Å². The summed E-state index contributed by atoms with van der Waals surface area (Å²) in [5.41, 5.74) is 6.82. The van der Waals surface area contributed by atoms with Gasteiger partial charge in [-0.2, -0.15) is 5.10 Å². The molecule has 0 spiro atoms. The fraction of sp³-hybridized carbons (Fsp3) is 0.240. The minimum Gasteiger partial charge on any atom is -0.338 e. The summed E-state index contributed by atoms with van der Waals surface area (Å²) >= 11 is 6.62. The lowest BCUT2D eigenvalue weighted by molar-refractivity contribution is 0.662. The third-order valence-electron chi connectivity index (χ3n) is 6.16. The van der Waals surface area contributed by atoms with Crippen LogP contribution in [0.1, 0.15) is 24.1 Å². The zero-order chi connectivity index (χ0) is 20.9. The summed E-state index contributed by atoms with van der Waals surface area (Å²) in [5, 5.41) is 7.76. The van der Waals surface area contributed by atoms with Crippen molar-refractivity contribution in [3.8, 4) is 11.1 Å². The SMILES string of the molecule is Cc1nccc2c3cc(Cl)cc(-c4cnn(Cc5cccnc5)c4)c3n(CC3CC3)c12. The lowest BCUT2D eigenvalue weighted by Crippen LogP contribution is -2.02. The van der Waals surface area contributed by atoms with E-state index in [1.54, 1.807) is 6.20 Å². The molecule has 1 aromatic carbocycles. The first-order valence-electron chi connectivity index (χ1n) is 10.7. The highest BCUT2D eigenvalue weighted by atomic mass is 35.5. The molecular weight excluding hydrogens is 406 g/mol. The molecule has 1 fully saturated rings. The second kappa shape index (κ2) is 7.20. The molecular formula is C25H22ClN5. The molecule has 0 amide bonds. The van der Waals surface area contributed by atoms with Crippen LogP contribution in [0.3, 0.4) is 0 Å². The summed E-state index contributed by atoms with van der Waals surface area (Å²) in [6, 6.07) is 10.3. The predicted molar refractivity (Wildman–Crippen MR) is 124 cm³/mol. The van der Waals surface area contributed by atoms with Gasteiger partial charge in [-0.25, -0.2) is 0 Å². The van der Waals surface area contributed by atoms with Gasteiger partial charge in [0.25, 0.3) is 0 Å². The van der Waals surface area contributed by atoms with Crippen LogP contribution >= 0.6 is 11.6 Å². The Morgan fingerprint density at radius 2 is 1.97 bits per heavy atom. The van der Waals surface area contributed by atoms with Crippen molar-refractivity contribution in [3.63, 3.8) is 0 Å². The van der Waals surface area contributed by atoms with Crippen LogP contribution in [0.15, 0.2) is 61.3 Å². The highest BCUT2D eigenvalue weighted by Crippen LogP contribution is 2.41. The standard InChI is InChI=1S/C25H22ClN5/c1-16-24-21(6-8-28-16)23-10-20(26)9-22(25(23)31(24)14-17-4-5-17)19-12-29-30(15-19)13-18-3-2-7-27-11-18/h2-3,6-12,15,17H,4-5,13-14H2,1H3. The van der Waals surface area contributed by atoms with E-state index in [0.29, 0.717) is 6.54 Å². The van der Waals surface area contributed by atoms with Crippen molar-refractivity contribution in [2.24, 2.45) is 5.92 Å². The van der Waals surface area contributed by atoms with Crippen molar-refractivity contribution >= 4 is 33.4 Å². The molecule has 0 aliphatic heterocycles. The summed E-state index contributed by atoms with van der Waals surface area (Å²) in [6.45, 7) is 3.80. The lowest BCUT2D eigenvalue weighted by atomic mass is 10.0. The molecule has 5 aromatic rings. The average molecular weight is 428 g/mol. The third kappa shape index (κ3) is 3.29. The molecule has 0 atom stereocenters. The van der Waals surface area contributed by atoms with E-state index >= 15 is 0 Å². The number of pyridine rings is 2. The molecule has 4 aromatic heterocycles. The van der Waals surface area contributed by atoms with Crippen LogP contribution in [0, 0.1) is 12.8 Å². The first-order valence-corrected chi connectivity index (χ1v) is 11.0. The molecule has 0 radical (unpaired) electrons. The Balaban J connectivity index is 1.55. The van der Waals surface area contributed by atoms with Gasteiger partial charge in [0.1, 0.15) is 0 Å². The van der Waals surface area contributed by atoms with Crippen LogP contribution in [0.2, 0.25) is 5.02 Å². The molecule has 1 aliphatic carbocycles. The van der Waals surface area contributed by atoms with E-state index < -0.39 is 0 Å². The highest BCUT2D eigenvalue weighted by molar-refractivity contribution is 6.32. The van der Waals surface area contributed by atoms with Crippen LogP contribution < -0.4 is 0 Å². The van der Waals surface area contributed by atoms with E-state index in [2.05, 4.69) is 57.0 Å². The Bertz CT molecular complexity index is 1410. The van der Waals surface area contributed by atoms with Gasteiger partial charge in [0.2, 0.25) is 0 Å². The van der Waals surface area contributed by atoms with Gasteiger partial charge in [-0.3, -0.25) is 14.6 Å². The van der Waals surface area contributed by atoms with Crippen molar-refractivity contribution in [1.29, 1.82) is 0 Å². The van der Waals surface area contributed by atoms with Crippen LogP contribution in [0.4, 0.5) is 0 Å². The normalized spacial score (nSPS) is 14.0. The quantitative estimate of drug-likeness (QED) is 0.352. The number of halogens is 1. The number of rotatable bonds is 5. The molecule has 154 valence electrons. The van der Waals surface area contributed by atoms with Crippen molar-refractivity contribution < 1.29 is 0 Å². The maximum Gasteiger partial charge on any atom is 0.0707 e. The zero-order valence-corrected chi connectivity index (χ0v) is 18.0. The number of aryl methyl sites for hydroxylation is 1. The highest BCUT2D eigenvalue weighted by Gasteiger charge is 2.26. The largest absolute Gasteiger partial charge is 0.338 e. The first kappa shape index (κ1) is 18.6. The second-order valence-corrected chi connectivity index (χ2v) is 8.92. The van der Waals surface area contributed by atoms with Gasteiger partial charge in [0.05, 0.1) is 29.5 Å². The Morgan fingerprint density at radius 1 is 1.06 bits per heavy atom. The summed E-state index contributed by atoms with van der Waals surface area (Å²) in [4.78, 5) is 8.80. The van der Waals surface area contributed by atoms with Crippen LogP contribution in [0.25, 0.3) is 32.9 Å². The van der Waals surface area contributed by atoms with Gasteiger partial charge in [-0.15, -0.1) is 0 Å². The fourth-order valence-electron chi connectivity index (χ4n) is 4.55. The molecule has 5 nitrogen and oxygen atoms in total. The monoisotopic (exact) mass is 427 g/mol. The van der Waals surface area contributed by atoms with Crippen molar-refractivity contribution in [2.75, 3.05) is 0 Å². The number of hydrogen-bond donors (Lipinski definition) is 0. The Hall–Kier alpha value is -3.18. The Labute approximate surface area is 185 Å². The van der Waals surface area contributed by atoms with Gasteiger partial charge in [0, 0.05) is 58.3 Å². The van der Waals surface area contributed by atoms with Crippen molar-refractivity contribution in [2.45, 2.75) is 32.9 Å². The summed E-state index contributed by atoms with van der Waals surface area (Å²) in [5.74, 6) is 0.746. The topological polar surface area (TPSA) is 48.5 Å². The molecule has 0 saturated heterocycles. The first-order chi connectivity index (χ1) is 15.2. The number of benzene rings is 1. The molecule has 1 aliphatic rings. The molecule has 0 N–H and O–H groups in total. The van der Waals surface area contributed by atoms with E-state index in [9.17, 15) is 0 Å². The maximum absolute atomic E-state index is 6.62. The van der Waals surface area contributed by atoms with Gasteiger partial charge in [0.15, 0.2) is 0 Å². The molecule has 6 heteroatoms. The van der Waals surface area contributed by atoms with E-state index in [-0.39, 0.29) is 0 Å². The number of hydrogen-bond acceptors (Lipinski definition) is 3. The van der Waals surface area contributed by atoms with E-state index in [1.165, 1.54) is 34.6 Å². The Kier molecular flexibility index (Phi) is 4.32.